The van der Waals surface area contributed by atoms with Crippen molar-refractivity contribution in [3.8, 4) is 11.4 Å². The first kappa shape index (κ1) is 26.5. The van der Waals surface area contributed by atoms with Gasteiger partial charge >= 0.3 is 5.69 Å². The summed E-state index contributed by atoms with van der Waals surface area (Å²) in [6, 6.07) is 12.1. The number of halogens is 2. The van der Waals surface area contributed by atoms with Crippen LogP contribution in [0.2, 0.25) is 10.0 Å². The molecular weight excluding hydrogens is 563 g/mol. The van der Waals surface area contributed by atoms with Crippen LogP contribution >= 0.6 is 35.0 Å². The molecular formula is C21H12Cl2N8O6S. The number of hydrogen-bond acceptors (Lipinski definition) is 11. The van der Waals surface area contributed by atoms with Gasteiger partial charge in [-0.25, -0.2) is 4.98 Å². The van der Waals surface area contributed by atoms with E-state index in [1.807, 2.05) is 0 Å². The van der Waals surface area contributed by atoms with E-state index in [-0.39, 0.29) is 21.4 Å². The molecule has 192 valence electrons. The quantitative estimate of drug-likeness (QED) is 0.134. The van der Waals surface area contributed by atoms with Gasteiger partial charge in [0.15, 0.2) is 5.82 Å². The van der Waals surface area contributed by atoms with Crippen molar-refractivity contribution in [2.24, 2.45) is 5.10 Å². The van der Waals surface area contributed by atoms with Crippen LogP contribution in [0, 0.1) is 30.3 Å². The molecule has 0 amide bonds. The van der Waals surface area contributed by atoms with Crippen molar-refractivity contribution in [2.75, 3.05) is 5.43 Å². The van der Waals surface area contributed by atoms with Crippen LogP contribution in [0.1, 0.15) is 5.56 Å². The summed E-state index contributed by atoms with van der Waals surface area (Å²) in [6.45, 7) is 0. The molecule has 0 radical (unpaired) electrons. The largest absolute Gasteiger partial charge is 0.301 e. The van der Waals surface area contributed by atoms with Crippen LogP contribution in [0.4, 0.5) is 22.7 Å². The molecule has 0 saturated carbocycles. The Labute approximate surface area is 226 Å². The van der Waals surface area contributed by atoms with Gasteiger partial charge in [0, 0.05) is 28.3 Å². The van der Waals surface area contributed by atoms with Gasteiger partial charge in [0.25, 0.3) is 11.4 Å². The number of aromatic amines is 1. The first-order valence-corrected chi connectivity index (χ1v) is 11.8. The summed E-state index contributed by atoms with van der Waals surface area (Å²) in [5.41, 5.74) is 1.93. The first-order chi connectivity index (χ1) is 18.1. The van der Waals surface area contributed by atoms with Gasteiger partial charge in [0.05, 0.1) is 37.0 Å². The Bertz CT molecular complexity index is 1610. The Hall–Kier alpha value is -4.60. The first-order valence-electron chi connectivity index (χ1n) is 10.2. The lowest BCUT2D eigenvalue weighted by Crippen LogP contribution is -1.99. The Morgan fingerprint density at radius 2 is 1.68 bits per heavy atom. The Morgan fingerprint density at radius 1 is 0.921 bits per heavy atom. The lowest BCUT2D eigenvalue weighted by molar-refractivity contribution is -0.393. The summed E-state index contributed by atoms with van der Waals surface area (Å²) in [7, 11) is 0. The smallest absolute Gasteiger partial charge is 0.272 e. The van der Waals surface area contributed by atoms with Crippen LogP contribution in [-0.2, 0) is 0 Å². The Kier molecular flexibility index (Phi) is 7.80. The molecule has 4 rings (SSSR count). The highest BCUT2D eigenvalue weighted by Crippen LogP contribution is 2.35. The average Bonchev–Trinajstić information content (AvgIpc) is 3.32. The third-order valence-corrected chi connectivity index (χ3v) is 6.30. The SMILES string of the molecule is O=[N+]([O-])c1ccc(N/N=C\c2ccc(Sc3n[nH]c(-c4ccc(Cl)cc4Cl)n3)c([N+](=O)[O-])c2)c([N+](=O)[O-])c1. The number of hydrazone groups is 1. The minimum atomic E-state index is -0.795. The number of hydrogen-bond donors (Lipinski definition) is 2. The molecule has 17 heteroatoms. The summed E-state index contributed by atoms with van der Waals surface area (Å²) >= 11 is 13.1. The molecule has 0 spiro atoms. The maximum absolute atomic E-state index is 11.7. The molecule has 2 N–H and O–H groups in total. The fourth-order valence-electron chi connectivity index (χ4n) is 3.09. The predicted molar refractivity (Wildman–Crippen MR) is 140 cm³/mol. The number of nitro benzene ring substituents is 3. The second-order valence-electron chi connectivity index (χ2n) is 7.26. The minimum absolute atomic E-state index is 0.0975. The van der Waals surface area contributed by atoms with Gasteiger partial charge in [-0.3, -0.25) is 40.9 Å². The monoisotopic (exact) mass is 574 g/mol. The molecule has 0 fully saturated rings. The van der Waals surface area contributed by atoms with E-state index < -0.39 is 26.1 Å². The van der Waals surface area contributed by atoms with Crippen molar-refractivity contribution in [1.29, 1.82) is 0 Å². The van der Waals surface area contributed by atoms with Crippen LogP contribution in [0.15, 0.2) is 69.8 Å². The van der Waals surface area contributed by atoms with Crippen molar-refractivity contribution in [2.45, 2.75) is 10.1 Å². The van der Waals surface area contributed by atoms with E-state index in [0.29, 0.717) is 27.0 Å². The van der Waals surface area contributed by atoms with Gasteiger partial charge in [-0.15, -0.1) is 5.10 Å². The number of rotatable bonds is 9. The maximum atomic E-state index is 11.7. The highest BCUT2D eigenvalue weighted by Gasteiger charge is 2.20. The highest BCUT2D eigenvalue weighted by molar-refractivity contribution is 7.99. The zero-order valence-corrected chi connectivity index (χ0v) is 20.9. The molecule has 3 aromatic carbocycles. The Morgan fingerprint density at radius 3 is 2.37 bits per heavy atom. The highest BCUT2D eigenvalue weighted by atomic mass is 35.5. The van der Waals surface area contributed by atoms with Crippen molar-refractivity contribution in [3.63, 3.8) is 0 Å². The molecule has 1 aromatic heterocycles. The lowest BCUT2D eigenvalue weighted by atomic mass is 10.2. The van der Waals surface area contributed by atoms with E-state index in [1.165, 1.54) is 24.4 Å². The summed E-state index contributed by atoms with van der Waals surface area (Å²) < 4.78 is 0. The predicted octanol–water partition coefficient (Wildman–Crippen LogP) is 6.10. The number of H-pyrrole nitrogens is 1. The third kappa shape index (κ3) is 6.03. The molecule has 38 heavy (non-hydrogen) atoms. The van der Waals surface area contributed by atoms with Crippen molar-refractivity contribution in [3.05, 3.63) is 101 Å². The van der Waals surface area contributed by atoms with Crippen LogP contribution in [0.3, 0.4) is 0 Å². The van der Waals surface area contributed by atoms with E-state index >= 15 is 0 Å². The fraction of sp³-hybridized carbons (Fsp3) is 0. The van der Waals surface area contributed by atoms with Crippen LogP contribution in [0.25, 0.3) is 11.4 Å². The molecule has 14 nitrogen and oxygen atoms in total. The van der Waals surface area contributed by atoms with Crippen molar-refractivity contribution < 1.29 is 14.8 Å². The molecule has 4 aromatic rings. The van der Waals surface area contributed by atoms with Gasteiger partial charge in [-0.1, -0.05) is 29.3 Å². The van der Waals surface area contributed by atoms with Crippen LogP contribution in [-0.4, -0.2) is 36.2 Å². The fourth-order valence-corrected chi connectivity index (χ4v) is 4.39. The van der Waals surface area contributed by atoms with E-state index in [4.69, 9.17) is 23.2 Å². The van der Waals surface area contributed by atoms with Gasteiger partial charge in [-0.05, 0) is 42.1 Å². The number of anilines is 1. The second-order valence-corrected chi connectivity index (χ2v) is 9.12. The second kappa shape index (κ2) is 11.2. The number of nitrogens with one attached hydrogen (secondary N) is 2. The summed E-state index contributed by atoms with van der Waals surface area (Å²) in [5.74, 6) is 0.354. The number of non-ortho nitro benzene ring substituents is 1. The number of nitro groups is 3. The molecule has 0 aliphatic carbocycles. The van der Waals surface area contributed by atoms with E-state index in [0.717, 1.165) is 30.0 Å². The van der Waals surface area contributed by atoms with Gasteiger partial charge in [0.1, 0.15) is 5.69 Å². The van der Waals surface area contributed by atoms with Gasteiger partial charge in [-0.2, -0.15) is 5.10 Å². The lowest BCUT2D eigenvalue weighted by Gasteiger charge is -2.03. The summed E-state index contributed by atoms with van der Waals surface area (Å²) in [5, 5.41) is 45.5. The molecule has 0 saturated heterocycles. The number of nitrogens with zero attached hydrogens (tertiary/aromatic N) is 6. The summed E-state index contributed by atoms with van der Waals surface area (Å²) in [4.78, 5) is 36.2. The Balaban J connectivity index is 1.53. The molecule has 0 aliphatic rings. The van der Waals surface area contributed by atoms with Crippen molar-refractivity contribution >= 4 is 63.9 Å². The van der Waals surface area contributed by atoms with E-state index in [1.54, 1.807) is 18.2 Å². The van der Waals surface area contributed by atoms with Crippen LogP contribution < -0.4 is 5.43 Å². The molecule has 0 bridgehead atoms. The topological polar surface area (TPSA) is 195 Å². The van der Waals surface area contributed by atoms with E-state index in [9.17, 15) is 30.3 Å². The molecule has 0 aliphatic heterocycles. The maximum Gasteiger partial charge on any atom is 0.301 e. The number of benzene rings is 3. The minimum Gasteiger partial charge on any atom is -0.272 e. The van der Waals surface area contributed by atoms with Crippen molar-refractivity contribution in [1.82, 2.24) is 15.2 Å². The molecule has 0 atom stereocenters. The standard InChI is InChI=1S/C21H12Cl2N8O6S/c22-12-2-4-14(15(23)8-12)20-25-21(28-27-20)38-19-6-1-11(7-18(19)31(36)37)10-24-26-16-5-3-13(29(32)33)9-17(16)30(34)35/h1-10,26H,(H,25,27,28)/b24-10-. The normalized spacial score (nSPS) is 11.0. The summed E-state index contributed by atoms with van der Waals surface area (Å²) in [6.07, 6.45) is 1.21. The van der Waals surface area contributed by atoms with Crippen LogP contribution in [0.5, 0.6) is 0 Å². The average molecular weight is 575 g/mol. The van der Waals surface area contributed by atoms with Gasteiger partial charge < -0.3 is 0 Å². The van der Waals surface area contributed by atoms with E-state index in [2.05, 4.69) is 25.7 Å². The third-order valence-electron chi connectivity index (χ3n) is 4.82. The number of aromatic nitrogens is 3. The zero-order valence-electron chi connectivity index (χ0n) is 18.6. The van der Waals surface area contributed by atoms with Gasteiger partial charge in [0.2, 0.25) is 5.16 Å². The zero-order chi connectivity index (χ0) is 27.4. The molecule has 1 heterocycles. The molecule has 0 unspecified atom stereocenters.